The van der Waals surface area contributed by atoms with Gasteiger partial charge in [0, 0.05) is 6.54 Å². The van der Waals surface area contributed by atoms with Crippen LogP contribution in [0.25, 0.3) is 0 Å². The first-order chi connectivity index (χ1) is 5.75. The van der Waals surface area contributed by atoms with E-state index in [4.69, 9.17) is 0 Å². The molecule has 4 N–H and O–H groups in total. The van der Waals surface area contributed by atoms with Crippen LogP contribution in [0.1, 0.15) is 18.3 Å². The molecule has 2 atom stereocenters. The van der Waals surface area contributed by atoms with Gasteiger partial charge in [-0.25, -0.2) is 9.89 Å². The van der Waals surface area contributed by atoms with E-state index in [0.717, 1.165) is 0 Å². The minimum absolute atomic E-state index is 0.0288. The smallest absolute Gasteiger partial charge is 0.340 e. The maximum Gasteiger partial charge on any atom is 0.340 e. The maximum atomic E-state index is 10.7. The average molecular weight is 170 g/mol. The summed E-state index contributed by atoms with van der Waals surface area (Å²) in [5.41, 5.74) is -0.312. The molecule has 0 saturated carbocycles. The zero-order valence-corrected chi connectivity index (χ0v) is 6.37. The predicted molar refractivity (Wildman–Crippen MR) is 40.6 cm³/mol. The first kappa shape index (κ1) is 7.51. The molecule has 0 unspecified atom stereocenters. The monoisotopic (exact) mass is 170 g/mol. The van der Waals surface area contributed by atoms with Crippen LogP contribution in [-0.2, 0) is 0 Å². The van der Waals surface area contributed by atoms with Gasteiger partial charge in [-0.15, -0.1) is 0 Å². The van der Waals surface area contributed by atoms with Crippen molar-refractivity contribution < 1.29 is 5.11 Å². The third-order valence-electron chi connectivity index (χ3n) is 1.96. The van der Waals surface area contributed by atoms with Crippen LogP contribution in [0.15, 0.2) is 4.79 Å². The lowest BCUT2D eigenvalue weighted by molar-refractivity contribution is 0.193. The quantitative estimate of drug-likeness (QED) is 0.412. The summed E-state index contributed by atoms with van der Waals surface area (Å²) in [7, 11) is 0. The SMILES string of the molecule is O=c1[nH]nc([C@@H]2C[C@@H](O)CN2)[nH]1. The van der Waals surface area contributed by atoms with Gasteiger partial charge in [0.2, 0.25) is 0 Å². The van der Waals surface area contributed by atoms with Crippen LogP contribution < -0.4 is 11.0 Å². The highest BCUT2D eigenvalue weighted by atomic mass is 16.3. The molecule has 0 aromatic carbocycles. The van der Waals surface area contributed by atoms with Crippen LogP contribution in [0.3, 0.4) is 0 Å². The first-order valence-corrected chi connectivity index (χ1v) is 3.82. The van der Waals surface area contributed by atoms with Gasteiger partial charge in [-0.2, -0.15) is 5.10 Å². The number of β-amino-alcohol motifs (C(OH)–C–C–N with tert-alkyl or cyclic N) is 1. The molecule has 1 aromatic heterocycles. The number of hydrogen-bond acceptors (Lipinski definition) is 4. The normalized spacial score (nSPS) is 29.4. The number of aliphatic hydroxyl groups excluding tert-OH is 1. The van der Waals surface area contributed by atoms with Gasteiger partial charge in [0.15, 0.2) is 0 Å². The van der Waals surface area contributed by atoms with Crippen molar-refractivity contribution in [2.75, 3.05) is 6.54 Å². The number of aromatic nitrogens is 3. The molecule has 1 aliphatic rings. The highest BCUT2D eigenvalue weighted by Gasteiger charge is 2.25. The lowest BCUT2D eigenvalue weighted by Gasteiger charge is -2.02. The number of aromatic amines is 2. The van der Waals surface area contributed by atoms with Crippen molar-refractivity contribution in [1.82, 2.24) is 20.5 Å². The highest BCUT2D eigenvalue weighted by molar-refractivity contribution is 4.96. The van der Waals surface area contributed by atoms with E-state index in [0.29, 0.717) is 18.8 Å². The Bertz CT molecular complexity index is 317. The fourth-order valence-electron chi connectivity index (χ4n) is 1.37. The second kappa shape index (κ2) is 2.72. The van der Waals surface area contributed by atoms with Gasteiger partial charge in [0.1, 0.15) is 5.82 Å². The maximum absolute atomic E-state index is 10.7. The van der Waals surface area contributed by atoms with Crippen LogP contribution in [0, 0.1) is 0 Å². The Balaban J connectivity index is 2.16. The molecule has 0 aliphatic carbocycles. The summed E-state index contributed by atoms with van der Waals surface area (Å²) < 4.78 is 0. The molecule has 2 rings (SSSR count). The summed E-state index contributed by atoms with van der Waals surface area (Å²) in [5, 5.41) is 18.3. The summed E-state index contributed by atoms with van der Waals surface area (Å²) in [6.07, 6.45) is 0.260. The van der Waals surface area contributed by atoms with E-state index in [1.54, 1.807) is 0 Å². The largest absolute Gasteiger partial charge is 0.392 e. The number of H-pyrrole nitrogens is 2. The van der Waals surface area contributed by atoms with Crippen LogP contribution in [0.2, 0.25) is 0 Å². The average Bonchev–Trinajstić information content (AvgIpc) is 2.58. The topological polar surface area (TPSA) is 93.8 Å². The summed E-state index contributed by atoms with van der Waals surface area (Å²) in [6, 6.07) is -0.0288. The van der Waals surface area contributed by atoms with E-state index in [-0.39, 0.29) is 17.8 Å². The first-order valence-electron chi connectivity index (χ1n) is 3.82. The van der Waals surface area contributed by atoms with E-state index in [9.17, 15) is 9.90 Å². The van der Waals surface area contributed by atoms with Crippen molar-refractivity contribution in [2.45, 2.75) is 18.6 Å². The molecule has 12 heavy (non-hydrogen) atoms. The fraction of sp³-hybridized carbons (Fsp3) is 0.667. The zero-order valence-electron chi connectivity index (χ0n) is 6.37. The zero-order chi connectivity index (χ0) is 8.55. The minimum Gasteiger partial charge on any atom is -0.392 e. The standard InChI is InChI=1S/C6H10N4O2/c11-3-1-4(7-2-3)5-8-6(12)10-9-5/h3-4,7,11H,1-2H2,(H2,8,9,10,12)/t3-,4+/m1/s1. The number of rotatable bonds is 1. The molecule has 0 amide bonds. The van der Waals surface area contributed by atoms with Crippen molar-refractivity contribution in [3.63, 3.8) is 0 Å². The second-order valence-corrected chi connectivity index (χ2v) is 2.91. The number of hydrogen-bond donors (Lipinski definition) is 4. The molecule has 1 aromatic rings. The van der Waals surface area contributed by atoms with E-state index < -0.39 is 0 Å². The summed E-state index contributed by atoms with van der Waals surface area (Å²) >= 11 is 0. The Hall–Kier alpha value is -1.14. The third-order valence-corrected chi connectivity index (χ3v) is 1.96. The Kier molecular flexibility index (Phi) is 1.70. The predicted octanol–water partition coefficient (Wildman–Crippen LogP) is -1.51. The van der Waals surface area contributed by atoms with Crippen molar-refractivity contribution in [1.29, 1.82) is 0 Å². The third kappa shape index (κ3) is 1.26. The molecule has 1 aliphatic heterocycles. The van der Waals surface area contributed by atoms with Gasteiger partial charge in [0.25, 0.3) is 0 Å². The molecule has 1 saturated heterocycles. The van der Waals surface area contributed by atoms with E-state index in [1.807, 2.05) is 0 Å². The van der Waals surface area contributed by atoms with Crippen LogP contribution in [-0.4, -0.2) is 32.9 Å². The van der Waals surface area contributed by atoms with Crippen LogP contribution >= 0.6 is 0 Å². The Morgan fingerprint density at radius 1 is 1.58 bits per heavy atom. The molecule has 0 bridgehead atoms. The lowest BCUT2D eigenvalue weighted by Crippen LogP contribution is -2.16. The van der Waals surface area contributed by atoms with Crippen molar-refractivity contribution in [3.05, 3.63) is 16.3 Å². The fourth-order valence-corrected chi connectivity index (χ4v) is 1.37. The summed E-state index contributed by atoms with van der Waals surface area (Å²) in [4.78, 5) is 13.2. The molecule has 6 nitrogen and oxygen atoms in total. The second-order valence-electron chi connectivity index (χ2n) is 2.91. The molecule has 1 fully saturated rings. The molecule has 2 heterocycles. The van der Waals surface area contributed by atoms with Crippen molar-refractivity contribution in [3.8, 4) is 0 Å². The Morgan fingerprint density at radius 3 is 2.92 bits per heavy atom. The molecule has 6 heteroatoms. The number of nitrogens with one attached hydrogen (secondary N) is 3. The number of nitrogens with zero attached hydrogens (tertiary/aromatic N) is 1. The van der Waals surface area contributed by atoms with Gasteiger partial charge < -0.3 is 10.4 Å². The lowest BCUT2D eigenvalue weighted by atomic mass is 10.2. The Labute approximate surface area is 68.0 Å². The van der Waals surface area contributed by atoms with E-state index in [2.05, 4.69) is 20.5 Å². The van der Waals surface area contributed by atoms with Crippen molar-refractivity contribution >= 4 is 0 Å². The summed E-state index contributed by atoms with van der Waals surface area (Å²) in [5.74, 6) is 0.566. The highest BCUT2D eigenvalue weighted by Crippen LogP contribution is 2.18. The van der Waals surface area contributed by atoms with E-state index >= 15 is 0 Å². The molecule has 0 spiro atoms. The molecule has 0 radical (unpaired) electrons. The van der Waals surface area contributed by atoms with Gasteiger partial charge in [0.05, 0.1) is 12.1 Å². The van der Waals surface area contributed by atoms with E-state index in [1.165, 1.54) is 0 Å². The van der Waals surface area contributed by atoms with Crippen molar-refractivity contribution in [2.24, 2.45) is 0 Å². The molecular weight excluding hydrogens is 160 g/mol. The molecule has 66 valence electrons. The van der Waals surface area contributed by atoms with Crippen LogP contribution in [0.5, 0.6) is 0 Å². The Morgan fingerprint density at radius 2 is 2.42 bits per heavy atom. The number of aliphatic hydroxyl groups is 1. The van der Waals surface area contributed by atoms with Crippen LogP contribution in [0.4, 0.5) is 0 Å². The van der Waals surface area contributed by atoms with Gasteiger partial charge in [-0.3, -0.25) is 4.98 Å². The minimum atomic E-state index is -0.338. The summed E-state index contributed by atoms with van der Waals surface area (Å²) in [6.45, 7) is 0.555. The van der Waals surface area contributed by atoms with Gasteiger partial charge in [-0.1, -0.05) is 0 Å². The molecular formula is C6H10N4O2. The van der Waals surface area contributed by atoms with Gasteiger partial charge in [-0.05, 0) is 6.42 Å². The van der Waals surface area contributed by atoms with Gasteiger partial charge >= 0.3 is 5.69 Å².